The zero-order chi connectivity index (χ0) is 10.1. The SMILES string of the molecule is C[C@H]1CC(=O)[C@H](C(O)(CCl)CCl)C1. The fourth-order valence-electron chi connectivity index (χ4n) is 1.84. The molecule has 2 atom stereocenters. The van der Waals surface area contributed by atoms with E-state index in [1.54, 1.807) is 0 Å². The summed E-state index contributed by atoms with van der Waals surface area (Å²) in [6.07, 6.45) is 1.25. The van der Waals surface area contributed by atoms with Gasteiger partial charge in [0.2, 0.25) is 0 Å². The van der Waals surface area contributed by atoms with Crippen molar-refractivity contribution in [2.45, 2.75) is 25.4 Å². The van der Waals surface area contributed by atoms with Gasteiger partial charge >= 0.3 is 0 Å². The van der Waals surface area contributed by atoms with E-state index < -0.39 is 5.60 Å². The highest BCUT2D eigenvalue weighted by Gasteiger charge is 2.44. The molecule has 1 aliphatic rings. The Morgan fingerprint density at radius 3 is 2.38 bits per heavy atom. The summed E-state index contributed by atoms with van der Waals surface area (Å²) in [5.74, 6) is 0.128. The predicted molar refractivity (Wildman–Crippen MR) is 53.3 cm³/mol. The van der Waals surface area contributed by atoms with Gasteiger partial charge in [-0.15, -0.1) is 23.2 Å². The van der Waals surface area contributed by atoms with Gasteiger partial charge < -0.3 is 5.11 Å². The first kappa shape index (κ1) is 11.3. The van der Waals surface area contributed by atoms with Crippen LogP contribution in [0, 0.1) is 11.8 Å². The van der Waals surface area contributed by atoms with Gasteiger partial charge in [-0.05, 0) is 12.3 Å². The number of ketones is 1. The van der Waals surface area contributed by atoms with E-state index in [0.29, 0.717) is 18.8 Å². The first-order chi connectivity index (χ1) is 6.03. The van der Waals surface area contributed by atoms with Gasteiger partial charge in [-0.25, -0.2) is 0 Å². The lowest BCUT2D eigenvalue weighted by Crippen LogP contribution is -2.44. The lowest BCUT2D eigenvalue weighted by Gasteiger charge is -2.28. The molecule has 0 aromatic rings. The van der Waals surface area contributed by atoms with Crippen LogP contribution >= 0.6 is 23.2 Å². The van der Waals surface area contributed by atoms with Crippen molar-refractivity contribution in [1.29, 1.82) is 0 Å². The zero-order valence-electron chi connectivity index (χ0n) is 7.59. The van der Waals surface area contributed by atoms with Crippen LogP contribution in [0.2, 0.25) is 0 Å². The quantitative estimate of drug-likeness (QED) is 0.743. The summed E-state index contributed by atoms with van der Waals surface area (Å²) in [6, 6.07) is 0. The Labute approximate surface area is 88.2 Å². The van der Waals surface area contributed by atoms with E-state index in [4.69, 9.17) is 23.2 Å². The van der Waals surface area contributed by atoms with Crippen molar-refractivity contribution < 1.29 is 9.90 Å². The molecule has 0 amide bonds. The van der Waals surface area contributed by atoms with Gasteiger partial charge in [-0.1, -0.05) is 6.92 Å². The molecule has 0 saturated heterocycles. The molecule has 1 aliphatic carbocycles. The molecular formula is C9H14Cl2O2. The van der Waals surface area contributed by atoms with Crippen molar-refractivity contribution in [2.24, 2.45) is 11.8 Å². The molecule has 1 N–H and O–H groups in total. The second kappa shape index (κ2) is 4.16. The summed E-state index contributed by atoms with van der Waals surface area (Å²) in [5, 5.41) is 9.93. The second-order valence-electron chi connectivity index (χ2n) is 3.93. The Bertz CT molecular complexity index is 202. The molecule has 0 aliphatic heterocycles. The average molecular weight is 225 g/mol. The average Bonchev–Trinajstić information content (AvgIpc) is 2.44. The van der Waals surface area contributed by atoms with Crippen molar-refractivity contribution >= 4 is 29.0 Å². The zero-order valence-corrected chi connectivity index (χ0v) is 9.11. The van der Waals surface area contributed by atoms with Crippen LogP contribution in [0.1, 0.15) is 19.8 Å². The fourth-order valence-corrected chi connectivity index (χ4v) is 2.50. The molecule has 0 aromatic carbocycles. The predicted octanol–water partition coefficient (Wildman–Crippen LogP) is 1.81. The van der Waals surface area contributed by atoms with E-state index in [9.17, 15) is 9.90 Å². The van der Waals surface area contributed by atoms with Crippen LogP contribution in [0.25, 0.3) is 0 Å². The van der Waals surface area contributed by atoms with Gasteiger partial charge in [0, 0.05) is 12.3 Å². The number of hydrogen-bond acceptors (Lipinski definition) is 2. The molecule has 0 spiro atoms. The lowest BCUT2D eigenvalue weighted by molar-refractivity contribution is -0.126. The summed E-state index contributed by atoms with van der Waals surface area (Å²) in [7, 11) is 0. The van der Waals surface area contributed by atoms with Gasteiger partial charge in [-0.2, -0.15) is 0 Å². The minimum absolute atomic E-state index is 0.0274. The van der Waals surface area contributed by atoms with E-state index in [1.807, 2.05) is 6.92 Å². The Balaban J connectivity index is 2.75. The van der Waals surface area contributed by atoms with Crippen LogP contribution in [-0.2, 0) is 4.79 Å². The fraction of sp³-hybridized carbons (Fsp3) is 0.889. The molecule has 13 heavy (non-hydrogen) atoms. The molecule has 0 aromatic heterocycles. The third-order valence-corrected chi connectivity index (χ3v) is 3.61. The normalized spacial score (nSPS) is 29.7. The number of aliphatic hydroxyl groups is 1. The Morgan fingerprint density at radius 2 is 2.08 bits per heavy atom. The number of alkyl halides is 2. The molecule has 0 radical (unpaired) electrons. The summed E-state index contributed by atoms with van der Waals surface area (Å²) in [6.45, 7) is 2.00. The summed E-state index contributed by atoms with van der Waals surface area (Å²) in [4.78, 5) is 11.5. The molecule has 4 heteroatoms. The first-order valence-electron chi connectivity index (χ1n) is 4.40. The van der Waals surface area contributed by atoms with Crippen LogP contribution in [0.3, 0.4) is 0 Å². The summed E-state index contributed by atoms with van der Waals surface area (Å²) < 4.78 is 0. The smallest absolute Gasteiger partial charge is 0.139 e. The van der Waals surface area contributed by atoms with Crippen molar-refractivity contribution in [3.8, 4) is 0 Å². The first-order valence-corrected chi connectivity index (χ1v) is 5.47. The maximum Gasteiger partial charge on any atom is 0.139 e. The maximum absolute atomic E-state index is 11.5. The molecule has 0 heterocycles. The minimum atomic E-state index is -1.20. The van der Waals surface area contributed by atoms with E-state index in [0.717, 1.165) is 0 Å². The highest BCUT2D eigenvalue weighted by atomic mass is 35.5. The molecule has 1 rings (SSSR count). The molecular weight excluding hydrogens is 211 g/mol. The molecule has 1 fully saturated rings. The number of carbonyl (C=O) groups excluding carboxylic acids is 1. The van der Waals surface area contributed by atoms with Gasteiger partial charge in [-0.3, -0.25) is 4.79 Å². The number of carbonyl (C=O) groups is 1. The van der Waals surface area contributed by atoms with Crippen molar-refractivity contribution in [3.63, 3.8) is 0 Å². The van der Waals surface area contributed by atoms with Crippen LogP contribution in [-0.4, -0.2) is 28.3 Å². The highest BCUT2D eigenvalue weighted by molar-refractivity contribution is 6.22. The van der Waals surface area contributed by atoms with Crippen LogP contribution in [0.4, 0.5) is 0 Å². The molecule has 2 nitrogen and oxygen atoms in total. The van der Waals surface area contributed by atoms with Gasteiger partial charge in [0.15, 0.2) is 0 Å². The Kier molecular flexibility index (Phi) is 3.61. The van der Waals surface area contributed by atoms with E-state index in [-0.39, 0.29) is 23.5 Å². The van der Waals surface area contributed by atoms with Gasteiger partial charge in [0.05, 0.1) is 11.8 Å². The second-order valence-corrected chi connectivity index (χ2v) is 4.47. The third-order valence-electron chi connectivity index (χ3n) is 2.69. The van der Waals surface area contributed by atoms with Crippen LogP contribution < -0.4 is 0 Å². The summed E-state index contributed by atoms with van der Waals surface area (Å²) in [5.41, 5.74) is -1.20. The monoisotopic (exact) mass is 224 g/mol. The third kappa shape index (κ3) is 2.17. The Morgan fingerprint density at radius 1 is 1.54 bits per heavy atom. The van der Waals surface area contributed by atoms with Crippen LogP contribution in [0.5, 0.6) is 0 Å². The van der Waals surface area contributed by atoms with E-state index in [1.165, 1.54) is 0 Å². The van der Waals surface area contributed by atoms with Crippen molar-refractivity contribution in [1.82, 2.24) is 0 Å². The largest absolute Gasteiger partial charge is 0.387 e. The summed E-state index contributed by atoms with van der Waals surface area (Å²) >= 11 is 11.2. The molecule has 0 unspecified atom stereocenters. The van der Waals surface area contributed by atoms with Gasteiger partial charge in [0.25, 0.3) is 0 Å². The maximum atomic E-state index is 11.5. The number of Topliss-reactive ketones (excluding diaryl/α,β-unsaturated/α-hetero) is 1. The molecule has 0 bridgehead atoms. The minimum Gasteiger partial charge on any atom is -0.387 e. The molecule has 76 valence electrons. The lowest BCUT2D eigenvalue weighted by atomic mass is 9.88. The van der Waals surface area contributed by atoms with Crippen molar-refractivity contribution in [2.75, 3.05) is 11.8 Å². The van der Waals surface area contributed by atoms with Gasteiger partial charge in [0.1, 0.15) is 11.4 Å². The standard InChI is InChI=1S/C9H14Cl2O2/c1-6-2-7(8(12)3-6)9(13,4-10)5-11/h6-7,13H,2-5H2,1H3/t6-,7-/m1/s1. The highest BCUT2D eigenvalue weighted by Crippen LogP contribution is 2.36. The number of rotatable bonds is 3. The topological polar surface area (TPSA) is 37.3 Å². The van der Waals surface area contributed by atoms with E-state index >= 15 is 0 Å². The van der Waals surface area contributed by atoms with Crippen LogP contribution in [0.15, 0.2) is 0 Å². The Hall–Kier alpha value is 0.210. The number of halogens is 2. The molecule has 1 saturated carbocycles. The van der Waals surface area contributed by atoms with E-state index in [2.05, 4.69) is 0 Å². The number of hydrogen-bond donors (Lipinski definition) is 1. The van der Waals surface area contributed by atoms with Crippen molar-refractivity contribution in [3.05, 3.63) is 0 Å².